The number of benzene rings is 2. The molecule has 2 bridgehead atoms. The number of nitrogens with one attached hydrogen (secondary N) is 3. The van der Waals surface area contributed by atoms with Crippen LogP contribution in [0.1, 0.15) is 48.0 Å². The average Bonchev–Trinajstić information content (AvgIpc) is 3.06. The zero-order valence-corrected chi connectivity index (χ0v) is 16.3. The Kier molecular flexibility index (Phi) is 5.90. The van der Waals surface area contributed by atoms with Crippen LogP contribution in [0.15, 0.2) is 48.5 Å². The fourth-order valence-corrected chi connectivity index (χ4v) is 4.39. The predicted molar refractivity (Wildman–Crippen MR) is 110 cm³/mol. The molecular formula is C23H26FN3O2. The number of carbonyl (C=O) groups is 2. The van der Waals surface area contributed by atoms with Crippen LogP contribution >= 0.6 is 0 Å². The van der Waals surface area contributed by atoms with E-state index in [1.54, 1.807) is 12.1 Å². The van der Waals surface area contributed by atoms with Gasteiger partial charge in [0.25, 0.3) is 5.91 Å². The summed E-state index contributed by atoms with van der Waals surface area (Å²) in [5, 5.41) is 9.33. The number of hydrogen-bond donors (Lipinski definition) is 3. The molecule has 3 N–H and O–H groups in total. The van der Waals surface area contributed by atoms with Crippen LogP contribution < -0.4 is 16.0 Å². The molecule has 29 heavy (non-hydrogen) atoms. The second-order valence-electron chi connectivity index (χ2n) is 8.11. The number of halogens is 1. The van der Waals surface area contributed by atoms with Crippen molar-refractivity contribution < 1.29 is 14.0 Å². The van der Waals surface area contributed by atoms with Gasteiger partial charge in [0, 0.05) is 36.3 Å². The summed E-state index contributed by atoms with van der Waals surface area (Å²) in [6, 6.07) is 14.0. The van der Waals surface area contributed by atoms with Gasteiger partial charge in [0.15, 0.2) is 0 Å². The van der Waals surface area contributed by atoms with E-state index in [0.29, 0.717) is 42.2 Å². The van der Waals surface area contributed by atoms with Gasteiger partial charge in [-0.2, -0.15) is 0 Å². The van der Waals surface area contributed by atoms with Crippen molar-refractivity contribution in [1.29, 1.82) is 0 Å². The SMILES string of the molecule is O=C(CC1CC2CCC(C1)N2)NCc1ccc(C(=O)Nc2ccc(F)cc2)cc1. The summed E-state index contributed by atoms with van der Waals surface area (Å²) in [6.45, 7) is 0.455. The number of carbonyl (C=O) groups excluding carboxylic acids is 2. The molecule has 0 saturated carbocycles. The fraction of sp³-hybridized carbons (Fsp3) is 0.391. The molecule has 6 heteroatoms. The second-order valence-corrected chi connectivity index (χ2v) is 8.11. The zero-order valence-electron chi connectivity index (χ0n) is 16.3. The van der Waals surface area contributed by atoms with Crippen molar-refractivity contribution in [2.75, 3.05) is 5.32 Å². The second kappa shape index (κ2) is 8.74. The quantitative estimate of drug-likeness (QED) is 0.700. The van der Waals surface area contributed by atoms with Gasteiger partial charge in [0.05, 0.1) is 0 Å². The molecule has 0 aromatic heterocycles. The van der Waals surface area contributed by atoms with Crippen molar-refractivity contribution in [1.82, 2.24) is 10.6 Å². The summed E-state index contributed by atoms with van der Waals surface area (Å²) in [7, 11) is 0. The lowest BCUT2D eigenvalue weighted by Gasteiger charge is -2.28. The van der Waals surface area contributed by atoms with Crippen LogP contribution in [0.3, 0.4) is 0 Å². The molecule has 5 nitrogen and oxygen atoms in total. The minimum absolute atomic E-state index is 0.0921. The Balaban J connectivity index is 1.24. The first-order valence-electron chi connectivity index (χ1n) is 10.2. The van der Waals surface area contributed by atoms with Crippen LogP contribution in [-0.4, -0.2) is 23.9 Å². The van der Waals surface area contributed by atoms with Gasteiger partial charge in [-0.15, -0.1) is 0 Å². The molecule has 2 aliphatic rings. The summed E-state index contributed by atoms with van der Waals surface area (Å²) in [5.41, 5.74) is 2.00. The summed E-state index contributed by atoms with van der Waals surface area (Å²) < 4.78 is 12.9. The molecule has 0 aliphatic carbocycles. The highest BCUT2D eigenvalue weighted by molar-refractivity contribution is 6.04. The largest absolute Gasteiger partial charge is 0.352 e. The Morgan fingerprint density at radius 2 is 1.62 bits per heavy atom. The predicted octanol–water partition coefficient (Wildman–Crippen LogP) is 3.61. The molecule has 4 rings (SSSR count). The van der Waals surface area contributed by atoms with Crippen LogP contribution in [0.25, 0.3) is 0 Å². The Bertz CT molecular complexity index is 855. The number of amides is 2. The summed E-state index contributed by atoms with van der Waals surface area (Å²) >= 11 is 0. The lowest BCUT2D eigenvalue weighted by Crippen LogP contribution is -2.39. The molecule has 2 aliphatic heterocycles. The minimum Gasteiger partial charge on any atom is -0.352 e. The molecular weight excluding hydrogens is 369 g/mol. The van der Waals surface area contributed by atoms with E-state index in [1.165, 1.54) is 37.1 Å². The number of rotatable bonds is 6. The van der Waals surface area contributed by atoms with Gasteiger partial charge in [-0.3, -0.25) is 9.59 Å². The third-order valence-electron chi connectivity index (χ3n) is 5.85. The first kappa shape index (κ1) is 19.6. The van der Waals surface area contributed by atoms with Gasteiger partial charge < -0.3 is 16.0 Å². The fourth-order valence-electron chi connectivity index (χ4n) is 4.39. The van der Waals surface area contributed by atoms with Crippen LogP contribution in [0.5, 0.6) is 0 Å². The number of anilines is 1. The molecule has 2 heterocycles. The van der Waals surface area contributed by atoms with Gasteiger partial charge in [0.1, 0.15) is 5.82 Å². The lowest BCUT2D eigenvalue weighted by molar-refractivity contribution is -0.122. The van der Waals surface area contributed by atoms with Crippen LogP contribution in [0.2, 0.25) is 0 Å². The molecule has 2 aromatic carbocycles. The van der Waals surface area contributed by atoms with Crippen LogP contribution in [-0.2, 0) is 11.3 Å². The topological polar surface area (TPSA) is 70.2 Å². The number of fused-ring (bicyclic) bond motifs is 2. The summed E-state index contributed by atoms with van der Waals surface area (Å²) in [5.74, 6) is -0.0321. The van der Waals surface area contributed by atoms with E-state index in [4.69, 9.17) is 0 Å². The molecule has 2 aromatic rings. The third kappa shape index (κ3) is 5.21. The Morgan fingerprint density at radius 1 is 0.966 bits per heavy atom. The van der Waals surface area contributed by atoms with Crippen molar-refractivity contribution in [3.8, 4) is 0 Å². The van der Waals surface area contributed by atoms with Crippen molar-refractivity contribution >= 4 is 17.5 Å². The van der Waals surface area contributed by atoms with E-state index in [9.17, 15) is 14.0 Å². The molecule has 0 spiro atoms. The molecule has 2 atom stereocenters. The first-order chi connectivity index (χ1) is 14.0. The lowest BCUT2D eigenvalue weighted by atomic mass is 9.89. The van der Waals surface area contributed by atoms with Crippen LogP contribution in [0, 0.1) is 11.7 Å². The minimum atomic E-state index is -0.345. The molecule has 2 amide bonds. The van der Waals surface area contributed by atoms with Gasteiger partial charge in [-0.25, -0.2) is 4.39 Å². The molecule has 2 saturated heterocycles. The monoisotopic (exact) mass is 395 g/mol. The Labute approximate surface area is 170 Å². The van der Waals surface area contributed by atoms with Crippen molar-refractivity contribution in [2.24, 2.45) is 5.92 Å². The van der Waals surface area contributed by atoms with Crippen LogP contribution in [0.4, 0.5) is 10.1 Å². The van der Waals surface area contributed by atoms with Gasteiger partial charge in [-0.1, -0.05) is 12.1 Å². The Hall–Kier alpha value is -2.73. The number of piperidine rings is 1. The standard InChI is InChI=1S/C23H26FN3O2/c24-18-5-7-19(8-6-18)27-23(29)17-3-1-15(2-4-17)14-25-22(28)13-16-11-20-9-10-21(12-16)26-20/h1-8,16,20-21,26H,9-14H2,(H,25,28)(H,27,29). The van der Waals surface area contributed by atoms with E-state index in [1.807, 2.05) is 12.1 Å². The summed E-state index contributed by atoms with van der Waals surface area (Å²) in [4.78, 5) is 24.6. The molecule has 2 fully saturated rings. The molecule has 0 radical (unpaired) electrons. The zero-order chi connectivity index (χ0) is 20.2. The smallest absolute Gasteiger partial charge is 0.255 e. The third-order valence-corrected chi connectivity index (χ3v) is 5.85. The van der Waals surface area contributed by atoms with Crippen molar-refractivity contribution in [3.63, 3.8) is 0 Å². The normalized spacial score (nSPS) is 22.9. The maximum atomic E-state index is 12.9. The molecule has 2 unspecified atom stereocenters. The highest BCUT2D eigenvalue weighted by Crippen LogP contribution is 2.32. The van der Waals surface area contributed by atoms with Crippen molar-refractivity contribution in [3.05, 3.63) is 65.5 Å². The average molecular weight is 395 g/mol. The van der Waals surface area contributed by atoms with E-state index < -0.39 is 0 Å². The summed E-state index contributed by atoms with van der Waals surface area (Å²) in [6.07, 6.45) is 5.27. The maximum Gasteiger partial charge on any atom is 0.255 e. The van der Waals surface area contributed by atoms with E-state index in [-0.39, 0.29) is 17.6 Å². The number of hydrogen-bond acceptors (Lipinski definition) is 3. The Morgan fingerprint density at radius 3 is 2.28 bits per heavy atom. The highest BCUT2D eigenvalue weighted by atomic mass is 19.1. The van der Waals surface area contributed by atoms with E-state index >= 15 is 0 Å². The van der Waals surface area contributed by atoms with E-state index in [0.717, 1.165) is 18.4 Å². The molecule has 152 valence electrons. The van der Waals surface area contributed by atoms with Gasteiger partial charge in [-0.05, 0) is 73.6 Å². The van der Waals surface area contributed by atoms with Crippen molar-refractivity contribution in [2.45, 2.75) is 50.7 Å². The van der Waals surface area contributed by atoms with Gasteiger partial charge in [0.2, 0.25) is 5.91 Å². The maximum absolute atomic E-state index is 12.9. The first-order valence-corrected chi connectivity index (χ1v) is 10.2. The van der Waals surface area contributed by atoms with Gasteiger partial charge >= 0.3 is 0 Å². The highest BCUT2D eigenvalue weighted by Gasteiger charge is 2.34. The van der Waals surface area contributed by atoms with E-state index in [2.05, 4.69) is 16.0 Å².